The number of benzene rings is 1. The number of pyridine rings is 1. The lowest BCUT2D eigenvalue weighted by Crippen LogP contribution is -2.69. The molecule has 6 aliphatic rings. The molecule has 8 rings (SSSR count). The second-order valence-corrected chi connectivity index (χ2v) is 12.8. The van der Waals surface area contributed by atoms with Crippen LogP contribution in [0.25, 0.3) is 0 Å². The topological polar surface area (TPSA) is 65.8 Å². The molecular formula is C30H35N3O3. The molecule has 3 heterocycles. The normalized spacial score (nSPS) is 38.1. The van der Waals surface area contributed by atoms with Crippen LogP contribution in [0.15, 0.2) is 41.3 Å². The van der Waals surface area contributed by atoms with Gasteiger partial charge in [-0.15, -0.1) is 0 Å². The number of hydrogen-bond donors (Lipinski definition) is 1. The van der Waals surface area contributed by atoms with Gasteiger partial charge in [-0.05, 0) is 104 Å². The number of aryl methyl sites for hydroxylation is 1. The standard InChI is InChI=1S/C30H35N3O3/c1-31-10-7-20(13-26(31)35)28(36)33-17-21-15-29-8-6-24(33)27(21)30(29)9-11-32(16-18-2-3-18)25(29)12-19-4-5-22(34)14-23(19)30/h4-5,7,10,13-14,18,21,24-25,27,34H,2-3,6,8-9,11-12,15-17H2,1H3/t21-,24?,25?,27?,29?,30?/m1/s1. The Labute approximate surface area is 211 Å². The molecule has 5 unspecified atom stereocenters. The summed E-state index contributed by atoms with van der Waals surface area (Å²) in [6.07, 6.45) is 10.1. The molecule has 2 aromatic rings. The number of phenols is 1. The van der Waals surface area contributed by atoms with E-state index in [1.54, 1.807) is 19.3 Å². The summed E-state index contributed by atoms with van der Waals surface area (Å²) in [6.45, 7) is 3.19. The van der Waals surface area contributed by atoms with Gasteiger partial charge in [0.1, 0.15) is 5.75 Å². The maximum absolute atomic E-state index is 13.8. The number of fused-ring (bicyclic) bond motifs is 1. The monoisotopic (exact) mass is 485 g/mol. The van der Waals surface area contributed by atoms with Gasteiger partial charge in [0.05, 0.1) is 0 Å². The Morgan fingerprint density at radius 3 is 2.81 bits per heavy atom. The quantitative estimate of drug-likeness (QED) is 0.725. The number of phenolic OH excluding ortho intramolecular Hbond substituents is 1. The van der Waals surface area contributed by atoms with E-state index >= 15 is 0 Å². The minimum absolute atomic E-state index is 0.0191. The fraction of sp³-hybridized carbons (Fsp3) is 0.600. The van der Waals surface area contributed by atoms with Crippen molar-refractivity contribution in [3.05, 3.63) is 63.6 Å². The summed E-state index contributed by atoms with van der Waals surface area (Å²) in [5.41, 5.74) is 3.50. The zero-order valence-corrected chi connectivity index (χ0v) is 21.0. The second kappa shape index (κ2) is 7.03. The van der Waals surface area contributed by atoms with E-state index in [4.69, 9.17) is 0 Å². The Balaban J connectivity index is 1.23. The summed E-state index contributed by atoms with van der Waals surface area (Å²) < 4.78 is 1.52. The largest absolute Gasteiger partial charge is 0.508 e. The van der Waals surface area contributed by atoms with Crippen LogP contribution >= 0.6 is 0 Å². The minimum Gasteiger partial charge on any atom is -0.508 e. The maximum Gasteiger partial charge on any atom is 0.254 e. The van der Waals surface area contributed by atoms with Crippen molar-refractivity contribution in [2.45, 2.75) is 62.4 Å². The van der Waals surface area contributed by atoms with Crippen molar-refractivity contribution in [1.82, 2.24) is 14.4 Å². The van der Waals surface area contributed by atoms with Gasteiger partial charge in [-0.2, -0.15) is 0 Å². The molecule has 1 amide bonds. The van der Waals surface area contributed by atoms with Crippen LogP contribution < -0.4 is 5.56 Å². The van der Waals surface area contributed by atoms with E-state index in [2.05, 4.69) is 21.9 Å². The van der Waals surface area contributed by atoms with Crippen LogP contribution in [0.3, 0.4) is 0 Å². The van der Waals surface area contributed by atoms with Gasteiger partial charge in [-0.1, -0.05) is 6.07 Å². The second-order valence-electron chi connectivity index (χ2n) is 12.8. The average Bonchev–Trinajstić information content (AvgIpc) is 3.56. The molecule has 1 N–H and O–H groups in total. The Morgan fingerprint density at radius 2 is 2.00 bits per heavy atom. The predicted octanol–water partition coefficient (Wildman–Crippen LogP) is 3.31. The number of nitrogens with zero attached hydrogens (tertiary/aromatic N) is 3. The third kappa shape index (κ3) is 2.56. The molecule has 2 saturated heterocycles. The lowest BCUT2D eigenvalue weighted by molar-refractivity contribution is -0.102. The number of aromatic hydroxyl groups is 1. The van der Waals surface area contributed by atoms with Crippen molar-refractivity contribution in [2.75, 3.05) is 19.6 Å². The first-order valence-electron chi connectivity index (χ1n) is 14.0. The van der Waals surface area contributed by atoms with Gasteiger partial charge in [-0.25, -0.2) is 0 Å². The SMILES string of the molecule is Cn1ccc(C(=O)N2C[C@H]3CC45CCC2C3C42CCN(CC3CC3)C5Cc3ccc(O)cc32)cc1=O. The molecular weight excluding hydrogens is 450 g/mol. The van der Waals surface area contributed by atoms with E-state index < -0.39 is 0 Å². The Morgan fingerprint density at radius 1 is 1.14 bits per heavy atom. The van der Waals surface area contributed by atoms with Gasteiger partial charge < -0.3 is 14.6 Å². The lowest BCUT2D eigenvalue weighted by atomic mass is 9.43. The van der Waals surface area contributed by atoms with Crippen LogP contribution in [-0.2, 0) is 18.9 Å². The third-order valence-corrected chi connectivity index (χ3v) is 11.4. The highest BCUT2D eigenvalue weighted by atomic mass is 16.3. The zero-order chi connectivity index (χ0) is 24.4. The Kier molecular flexibility index (Phi) is 4.20. The third-order valence-electron chi connectivity index (χ3n) is 11.4. The van der Waals surface area contributed by atoms with Gasteiger partial charge in [0.15, 0.2) is 0 Å². The van der Waals surface area contributed by atoms with Gasteiger partial charge in [0, 0.05) is 55.5 Å². The first kappa shape index (κ1) is 21.5. The molecule has 0 radical (unpaired) electrons. The van der Waals surface area contributed by atoms with Crippen LogP contribution in [0, 0.1) is 23.2 Å². The zero-order valence-electron chi connectivity index (χ0n) is 21.0. The summed E-state index contributed by atoms with van der Waals surface area (Å²) >= 11 is 0. The summed E-state index contributed by atoms with van der Waals surface area (Å²) in [5.74, 6) is 2.21. The molecule has 2 aliphatic heterocycles. The van der Waals surface area contributed by atoms with E-state index in [1.165, 1.54) is 47.6 Å². The van der Waals surface area contributed by atoms with Gasteiger partial charge in [-0.3, -0.25) is 14.5 Å². The lowest BCUT2D eigenvalue weighted by Gasteiger charge is -2.66. The van der Waals surface area contributed by atoms with Crippen LogP contribution in [0.1, 0.15) is 60.0 Å². The molecule has 1 aromatic carbocycles. The van der Waals surface area contributed by atoms with Crippen molar-refractivity contribution in [2.24, 2.45) is 30.2 Å². The highest BCUT2D eigenvalue weighted by molar-refractivity contribution is 5.94. The minimum atomic E-state index is -0.135. The van der Waals surface area contributed by atoms with Crippen LogP contribution in [0.4, 0.5) is 0 Å². The number of hydrogen-bond acceptors (Lipinski definition) is 4. The molecule has 6 atom stereocenters. The molecule has 4 bridgehead atoms. The van der Waals surface area contributed by atoms with Crippen LogP contribution in [0.5, 0.6) is 5.75 Å². The predicted molar refractivity (Wildman–Crippen MR) is 136 cm³/mol. The molecule has 188 valence electrons. The van der Waals surface area contributed by atoms with Gasteiger partial charge >= 0.3 is 0 Å². The first-order valence-corrected chi connectivity index (χ1v) is 14.0. The van der Waals surface area contributed by atoms with E-state index in [1.807, 2.05) is 6.07 Å². The number of rotatable bonds is 3. The summed E-state index contributed by atoms with van der Waals surface area (Å²) in [7, 11) is 1.72. The van der Waals surface area contributed by atoms with Gasteiger partial charge in [0.2, 0.25) is 0 Å². The van der Waals surface area contributed by atoms with Crippen LogP contribution in [-0.4, -0.2) is 57.1 Å². The molecule has 1 aromatic heterocycles. The molecule has 3 saturated carbocycles. The number of carbonyl (C=O) groups excluding carboxylic acids is 1. The van der Waals surface area contributed by atoms with Crippen molar-refractivity contribution in [3.63, 3.8) is 0 Å². The van der Waals surface area contributed by atoms with Crippen molar-refractivity contribution in [1.29, 1.82) is 0 Å². The molecule has 6 heteroatoms. The fourth-order valence-corrected chi connectivity index (χ4v) is 10.0. The smallest absolute Gasteiger partial charge is 0.254 e. The summed E-state index contributed by atoms with van der Waals surface area (Å²) in [6, 6.07) is 10.2. The van der Waals surface area contributed by atoms with Crippen molar-refractivity contribution < 1.29 is 9.90 Å². The number of amides is 1. The van der Waals surface area contributed by atoms with E-state index in [9.17, 15) is 14.7 Å². The molecule has 5 fully saturated rings. The van der Waals surface area contributed by atoms with Crippen LogP contribution in [0.2, 0.25) is 0 Å². The number of carbonyl (C=O) groups is 1. The molecule has 36 heavy (non-hydrogen) atoms. The molecule has 0 spiro atoms. The first-order chi connectivity index (χ1) is 17.4. The Bertz CT molecular complexity index is 1350. The molecule has 6 nitrogen and oxygen atoms in total. The Hall–Kier alpha value is -2.60. The maximum atomic E-state index is 13.8. The van der Waals surface area contributed by atoms with Gasteiger partial charge in [0.25, 0.3) is 11.5 Å². The fourth-order valence-electron chi connectivity index (χ4n) is 10.0. The van der Waals surface area contributed by atoms with E-state index in [-0.39, 0.29) is 28.3 Å². The summed E-state index contributed by atoms with van der Waals surface area (Å²) in [5, 5.41) is 10.6. The average molecular weight is 486 g/mol. The number of piperidine rings is 1. The van der Waals surface area contributed by atoms with E-state index in [0.29, 0.717) is 29.2 Å². The highest BCUT2D eigenvalue weighted by Gasteiger charge is 2.76. The molecule has 4 aliphatic carbocycles. The number of likely N-dealkylation sites (tertiary alicyclic amines) is 2. The number of aromatic nitrogens is 1. The van der Waals surface area contributed by atoms with E-state index in [0.717, 1.165) is 44.7 Å². The highest BCUT2D eigenvalue weighted by Crippen LogP contribution is 2.75. The summed E-state index contributed by atoms with van der Waals surface area (Å²) in [4.78, 5) is 31.0. The van der Waals surface area contributed by atoms with Crippen molar-refractivity contribution >= 4 is 5.91 Å². The van der Waals surface area contributed by atoms with Crippen molar-refractivity contribution in [3.8, 4) is 5.75 Å².